The maximum absolute atomic E-state index is 13.9. The summed E-state index contributed by atoms with van der Waals surface area (Å²) >= 11 is 6.40. The number of ether oxygens (including phenoxy) is 1. The predicted octanol–water partition coefficient (Wildman–Crippen LogP) is 5.90. The highest BCUT2D eigenvalue weighted by molar-refractivity contribution is 6.33. The number of halogens is 1. The molecule has 7 nitrogen and oxygen atoms in total. The van der Waals surface area contributed by atoms with Crippen LogP contribution in [0.2, 0.25) is 5.02 Å². The van der Waals surface area contributed by atoms with Gasteiger partial charge in [-0.1, -0.05) is 53.2 Å². The Morgan fingerprint density at radius 1 is 1.12 bits per heavy atom. The first-order valence-electron chi connectivity index (χ1n) is 10.4. The molecule has 166 valence electrons. The van der Waals surface area contributed by atoms with Gasteiger partial charge in [0, 0.05) is 17.5 Å². The fourth-order valence-corrected chi connectivity index (χ4v) is 4.27. The van der Waals surface area contributed by atoms with Crippen LogP contribution in [0.3, 0.4) is 0 Å². The van der Waals surface area contributed by atoms with Crippen molar-refractivity contribution in [3.8, 4) is 17.0 Å². The average Bonchev–Trinajstić information content (AvgIpc) is 3.58. The number of hydrazone groups is 1. The van der Waals surface area contributed by atoms with Crippen LogP contribution in [-0.4, -0.2) is 28.9 Å². The van der Waals surface area contributed by atoms with Crippen LogP contribution in [0.1, 0.15) is 39.9 Å². The Bertz CT molecular complexity index is 1340. The average molecular weight is 462 g/mol. The van der Waals surface area contributed by atoms with E-state index >= 15 is 0 Å². The molecule has 0 saturated carbocycles. The number of benzene rings is 2. The number of furan rings is 1. The van der Waals surface area contributed by atoms with Crippen molar-refractivity contribution in [1.82, 2.24) is 10.2 Å². The monoisotopic (exact) mass is 461 g/mol. The van der Waals surface area contributed by atoms with Gasteiger partial charge in [0.15, 0.2) is 0 Å². The molecule has 0 radical (unpaired) electrons. The molecular weight excluding hydrogens is 442 g/mol. The Morgan fingerprint density at radius 3 is 2.67 bits per heavy atom. The molecular formula is C25H20ClN3O4. The first-order chi connectivity index (χ1) is 16.1. The zero-order valence-corrected chi connectivity index (χ0v) is 18.7. The van der Waals surface area contributed by atoms with Gasteiger partial charge in [-0.3, -0.25) is 4.79 Å². The van der Waals surface area contributed by atoms with Gasteiger partial charge in [-0.15, -0.1) is 0 Å². The number of aryl methyl sites for hydroxylation is 1. The molecule has 0 bridgehead atoms. The van der Waals surface area contributed by atoms with Crippen LogP contribution >= 0.6 is 11.6 Å². The Balaban J connectivity index is 1.62. The van der Waals surface area contributed by atoms with Crippen LogP contribution in [-0.2, 0) is 0 Å². The molecule has 5 rings (SSSR count). The highest BCUT2D eigenvalue weighted by atomic mass is 35.5. The Labute approximate surface area is 195 Å². The summed E-state index contributed by atoms with van der Waals surface area (Å²) in [6.07, 6.45) is 2.05. The zero-order valence-electron chi connectivity index (χ0n) is 18.0. The van der Waals surface area contributed by atoms with Crippen molar-refractivity contribution in [1.29, 1.82) is 0 Å². The number of aromatic nitrogens is 1. The molecule has 0 fully saturated rings. The molecule has 33 heavy (non-hydrogen) atoms. The zero-order chi connectivity index (χ0) is 22.9. The van der Waals surface area contributed by atoms with Gasteiger partial charge in [0.25, 0.3) is 5.91 Å². The van der Waals surface area contributed by atoms with Gasteiger partial charge >= 0.3 is 0 Å². The summed E-state index contributed by atoms with van der Waals surface area (Å²) < 4.78 is 16.6. The summed E-state index contributed by atoms with van der Waals surface area (Å²) in [4.78, 5) is 13.9. The van der Waals surface area contributed by atoms with Gasteiger partial charge in [-0.2, -0.15) is 5.10 Å². The third kappa shape index (κ3) is 3.70. The van der Waals surface area contributed by atoms with E-state index in [1.54, 1.807) is 38.5 Å². The smallest absolute Gasteiger partial charge is 0.280 e. The second-order valence-electron chi connectivity index (χ2n) is 7.58. The first kappa shape index (κ1) is 21.0. The molecule has 1 aliphatic heterocycles. The van der Waals surface area contributed by atoms with Crippen LogP contribution in [0.25, 0.3) is 11.3 Å². The number of hydrogen-bond acceptors (Lipinski definition) is 6. The molecule has 4 aromatic rings. The molecule has 2 aromatic heterocycles. The van der Waals surface area contributed by atoms with Crippen LogP contribution < -0.4 is 4.74 Å². The minimum atomic E-state index is -0.401. The maximum Gasteiger partial charge on any atom is 0.280 e. The fraction of sp³-hybridized carbons (Fsp3) is 0.160. The second-order valence-corrected chi connectivity index (χ2v) is 7.99. The van der Waals surface area contributed by atoms with Gasteiger partial charge in [0.1, 0.15) is 34.2 Å². The highest BCUT2D eigenvalue weighted by Crippen LogP contribution is 2.40. The van der Waals surface area contributed by atoms with Crippen LogP contribution in [0.15, 0.2) is 81.0 Å². The van der Waals surface area contributed by atoms with Crippen molar-refractivity contribution in [3.05, 3.63) is 94.6 Å². The van der Waals surface area contributed by atoms with Crippen molar-refractivity contribution in [2.75, 3.05) is 7.11 Å². The minimum Gasteiger partial charge on any atom is -0.496 e. The molecule has 3 heterocycles. The Kier molecular flexibility index (Phi) is 5.48. The van der Waals surface area contributed by atoms with E-state index < -0.39 is 6.04 Å². The fourth-order valence-electron chi connectivity index (χ4n) is 4.05. The van der Waals surface area contributed by atoms with Gasteiger partial charge in [0.05, 0.1) is 24.4 Å². The molecule has 1 atom stereocenters. The number of hydrogen-bond donors (Lipinski definition) is 0. The van der Waals surface area contributed by atoms with Gasteiger partial charge < -0.3 is 13.7 Å². The van der Waals surface area contributed by atoms with Crippen molar-refractivity contribution in [3.63, 3.8) is 0 Å². The lowest BCUT2D eigenvalue weighted by atomic mass is 9.98. The van der Waals surface area contributed by atoms with Crippen LogP contribution in [0.4, 0.5) is 0 Å². The van der Waals surface area contributed by atoms with Crippen molar-refractivity contribution >= 4 is 23.2 Å². The molecule has 0 spiro atoms. The summed E-state index contributed by atoms with van der Waals surface area (Å²) in [5, 5.41) is 10.7. The second kappa shape index (κ2) is 8.60. The van der Waals surface area contributed by atoms with Crippen molar-refractivity contribution in [2.24, 2.45) is 5.10 Å². The van der Waals surface area contributed by atoms with E-state index in [0.717, 1.165) is 5.56 Å². The molecule has 1 amide bonds. The minimum absolute atomic E-state index is 0.312. The normalized spacial score (nSPS) is 15.5. The van der Waals surface area contributed by atoms with E-state index in [1.807, 2.05) is 42.5 Å². The quantitative estimate of drug-likeness (QED) is 0.369. The molecule has 1 aliphatic rings. The standard InChI is InChI=1S/C25H20ClN3O4/c1-15-23(24(28-33-15)16-8-3-5-10-18(16)26)25(30)29-20(17-9-4-6-11-21(17)31-2)14-19(27-29)22-12-7-13-32-22/h3-13,20H,14H2,1-2H3/t20-/m1/s1. The first-order valence-corrected chi connectivity index (χ1v) is 10.7. The Morgan fingerprint density at radius 2 is 1.91 bits per heavy atom. The third-order valence-electron chi connectivity index (χ3n) is 5.63. The summed E-state index contributed by atoms with van der Waals surface area (Å²) in [6, 6.07) is 18.0. The van der Waals surface area contributed by atoms with Crippen LogP contribution in [0, 0.1) is 6.92 Å². The maximum atomic E-state index is 13.9. The highest BCUT2D eigenvalue weighted by Gasteiger charge is 2.38. The lowest BCUT2D eigenvalue weighted by Crippen LogP contribution is -2.28. The molecule has 0 aliphatic carbocycles. The summed E-state index contributed by atoms with van der Waals surface area (Å²) in [6.45, 7) is 1.70. The van der Waals surface area contributed by atoms with E-state index in [2.05, 4.69) is 10.3 Å². The molecule has 0 unspecified atom stereocenters. The summed E-state index contributed by atoms with van der Waals surface area (Å²) in [5.41, 5.74) is 2.81. The molecule has 8 heteroatoms. The number of rotatable bonds is 5. The number of methoxy groups -OCH3 is 1. The number of para-hydroxylation sites is 1. The SMILES string of the molecule is COc1ccccc1[C@H]1CC(c2ccco2)=NN1C(=O)c1c(-c2ccccc2Cl)noc1C. The van der Waals surface area contributed by atoms with E-state index in [-0.39, 0.29) is 5.91 Å². The van der Waals surface area contributed by atoms with Gasteiger partial charge in [-0.05, 0) is 31.2 Å². The van der Waals surface area contributed by atoms with Gasteiger partial charge in [0.2, 0.25) is 0 Å². The Hall–Kier alpha value is -3.84. The molecule has 0 N–H and O–H groups in total. The van der Waals surface area contributed by atoms with E-state index in [9.17, 15) is 4.79 Å². The largest absolute Gasteiger partial charge is 0.496 e. The number of amides is 1. The number of nitrogens with zero attached hydrogens (tertiary/aromatic N) is 3. The number of carbonyl (C=O) groups is 1. The predicted molar refractivity (Wildman–Crippen MR) is 123 cm³/mol. The van der Waals surface area contributed by atoms with E-state index in [1.165, 1.54) is 5.01 Å². The van der Waals surface area contributed by atoms with E-state index in [4.69, 9.17) is 25.3 Å². The lowest BCUT2D eigenvalue weighted by molar-refractivity contribution is 0.0708. The van der Waals surface area contributed by atoms with Crippen molar-refractivity contribution in [2.45, 2.75) is 19.4 Å². The topological polar surface area (TPSA) is 81.1 Å². The van der Waals surface area contributed by atoms with Crippen molar-refractivity contribution < 1.29 is 18.5 Å². The lowest BCUT2D eigenvalue weighted by Gasteiger charge is -2.23. The third-order valence-corrected chi connectivity index (χ3v) is 5.96. The summed E-state index contributed by atoms with van der Waals surface area (Å²) in [7, 11) is 1.61. The molecule has 2 aromatic carbocycles. The van der Waals surface area contributed by atoms with E-state index in [0.29, 0.717) is 51.2 Å². The molecule has 0 saturated heterocycles. The number of carbonyl (C=O) groups excluding carboxylic acids is 1. The van der Waals surface area contributed by atoms with Crippen LogP contribution in [0.5, 0.6) is 5.75 Å². The summed E-state index contributed by atoms with van der Waals surface area (Å²) in [5.74, 6) is 1.32. The van der Waals surface area contributed by atoms with Gasteiger partial charge in [-0.25, -0.2) is 5.01 Å².